The Bertz CT molecular complexity index is 328. The maximum atomic E-state index is 3.48. The molecule has 0 bridgehead atoms. The number of fused-ring (bicyclic) bond motifs is 1. The summed E-state index contributed by atoms with van der Waals surface area (Å²) in [6.07, 6.45) is 12.8. The first-order chi connectivity index (χ1) is 7.26. The van der Waals surface area contributed by atoms with Crippen LogP contribution in [0.25, 0.3) is 0 Å². The fraction of sp³-hybridized carbons (Fsp3) is 0.714. The highest BCUT2D eigenvalue weighted by molar-refractivity contribution is 5.39. The molecule has 1 heteroatoms. The minimum atomic E-state index is 0.602. The molecule has 2 saturated carbocycles. The van der Waals surface area contributed by atoms with Gasteiger partial charge in [-0.15, -0.1) is 0 Å². The highest BCUT2D eigenvalue weighted by Crippen LogP contribution is 2.68. The summed E-state index contributed by atoms with van der Waals surface area (Å²) in [5.74, 6) is 1.69. The molecular weight excluding hydrogens is 182 g/mol. The Hall–Kier alpha value is -0.560. The van der Waals surface area contributed by atoms with Crippen LogP contribution < -0.4 is 5.32 Å². The smallest absolute Gasteiger partial charge is 0.0101 e. The van der Waals surface area contributed by atoms with Crippen molar-refractivity contribution in [1.82, 2.24) is 5.32 Å². The first kappa shape index (κ1) is 9.65. The Kier molecular flexibility index (Phi) is 2.07. The lowest BCUT2D eigenvalue weighted by Crippen LogP contribution is -2.24. The van der Waals surface area contributed by atoms with Crippen molar-refractivity contribution in [2.45, 2.75) is 38.6 Å². The molecule has 0 heterocycles. The van der Waals surface area contributed by atoms with E-state index in [1.807, 2.05) is 0 Å². The first-order valence-electron chi connectivity index (χ1n) is 6.32. The Morgan fingerprint density at radius 3 is 2.87 bits per heavy atom. The van der Waals surface area contributed by atoms with Crippen LogP contribution in [-0.4, -0.2) is 13.1 Å². The van der Waals surface area contributed by atoms with E-state index in [1.165, 1.54) is 25.7 Å². The van der Waals surface area contributed by atoms with Gasteiger partial charge in [-0.3, -0.25) is 0 Å². The van der Waals surface area contributed by atoms with Crippen molar-refractivity contribution in [3.8, 4) is 0 Å². The van der Waals surface area contributed by atoms with Crippen molar-refractivity contribution in [3.05, 3.63) is 23.8 Å². The van der Waals surface area contributed by atoms with E-state index in [-0.39, 0.29) is 0 Å². The summed E-state index contributed by atoms with van der Waals surface area (Å²) in [4.78, 5) is 0. The monoisotopic (exact) mass is 203 g/mol. The van der Waals surface area contributed by atoms with Gasteiger partial charge in [-0.25, -0.2) is 0 Å². The molecule has 4 unspecified atom stereocenters. The van der Waals surface area contributed by atoms with Gasteiger partial charge in [0.15, 0.2) is 0 Å². The predicted molar refractivity (Wildman–Crippen MR) is 63.6 cm³/mol. The molecule has 0 aromatic rings. The van der Waals surface area contributed by atoms with Crippen molar-refractivity contribution in [2.24, 2.45) is 17.3 Å². The molecule has 15 heavy (non-hydrogen) atoms. The first-order valence-corrected chi connectivity index (χ1v) is 6.32. The zero-order chi connectivity index (χ0) is 10.5. The van der Waals surface area contributed by atoms with Crippen LogP contribution in [0, 0.1) is 17.3 Å². The van der Waals surface area contributed by atoms with E-state index in [9.17, 15) is 0 Å². The molecule has 82 valence electrons. The van der Waals surface area contributed by atoms with E-state index in [0.29, 0.717) is 5.41 Å². The van der Waals surface area contributed by atoms with Gasteiger partial charge in [0.25, 0.3) is 0 Å². The van der Waals surface area contributed by atoms with E-state index in [1.54, 1.807) is 5.57 Å². The molecule has 0 saturated heterocycles. The summed E-state index contributed by atoms with van der Waals surface area (Å²) in [5, 5.41) is 3.48. The summed E-state index contributed by atoms with van der Waals surface area (Å²) < 4.78 is 0. The van der Waals surface area contributed by atoms with E-state index >= 15 is 0 Å². The fourth-order valence-corrected chi connectivity index (χ4v) is 3.68. The number of hydrogen-bond acceptors (Lipinski definition) is 1. The van der Waals surface area contributed by atoms with Gasteiger partial charge in [0, 0.05) is 6.04 Å². The number of allylic oxidation sites excluding steroid dienone is 4. The summed E-state index contributed by atoms with van der Waals surface area (Å²) in [6, 6.07) is 0.790. The molecule has 3 aliphatic rings. The molecule has 0 radical (unpaired) electrons. The minimum Gasteiger partial charge on any atom is -0.317 e. The third-order valence-electron chi connectivity index (χ3n) is 4.78. The lowest BCUT2D eigenvalue weighted by molar-refractivity contribution is 0.519. The molecule has 3 aliphatic carbocycles. The van der Waals surface area contributed by atoms with E-state index in [2.05, 4.69) is 37.5 Å². The maximum absolute atomic E-state index is 3.48. The second kappa shape index (κ2) is 3.21. The molecular formula is C14H21N. The van der Waals surface area contributed by atoms with Crippen LogP contribution in [0.15, 0.2) is 23.8 Å². The molecule has 1 N–H and O–H groups in total. The molecule has 0 aliphatic heterocycles. The fourth-order valence-electron chi connectivity index (χ4n) is 3.68. The number of nitrogens with one attached hydrogen (secondary N) is 1. The molecule has 2 fully saturated rings. The van der Waals surface area contributed by atoms with Gasteiger partial charge >= 0.3 is 0 Å². The zero-order valence-electron chi connectivity index (χ0n) is 9.79. The molecule has 1 nitrogen and oxygen atoms in total. The van der Waals surface area contributed by atoms with Crippen LogP contribution >= 0.6 is 0 Å². The Morgan fingerprint density at radius 1 is 1.47 bits per heavy atom. The quantitative estimate of drug-likeness (QED) is 0.727. The van der Waals surface area contributed by atoms with E-state index in [4.69, 9.17) is 0 Å². The van der Waals surface area contributed by atoms with Crippen molar-refractivity contribution in [3.63, 3.8) is 0 Å². The topological polar surface area (TPSA) is 12.0 Å². The second-order valence-corrected chi connectivity index (χ2v) is 5.63. The lowest BCUT2D eigenvalue weighted by atomic mass is 9.86. The predicted octanol–water partition coefficient (Wildman–Crippen LogP) is 2.90. The van der Waals surface area contributed by atoms with Gasteiger partial charge in [-0.1, -0.05) is 25.2 Å². The molecule has 0 amide bonds. The van der Waals surface area contributed by atoms with Crippen LogP contribution in [0.4, 0.5) is 0 Å². The van der Waals surface area contributed by atoms with Crippen molar-refractivity contribution < 1.29 is 0 Å². The van der Waals surface area contributed by atoms with Gasteiger partial charge in [0.2, 0.25) is 0 Å². The van der Waals surface area contributed by atoms with Crippen LogP contribution in [0.3, 0.4) is 0 Å². The highest BCUT2D eigenvalue weighted by atomic mass is 14.9. The normalized spacial score (nSPS) is 47.6. The summed E-state index contributed by atoms with van der Waals surface area (Å²) in [7, 11) is 2.12. The Labute approximate surface area is 92.6 Å². The SMILES string of the molecule is CNC1CCC2(C3=CCC(C)C=C3)CC12. The van der Waals surface area contributed by atoms with Crippen molar-refractivity contribution >= 4 is 0 Å². The Morgan fingerprint density at radius 2 is 2.33 bits per heavy atom. The maximum Gasteiger partial charge on any atom is 0.0101 e. The molecule has 0 aromatic carbocycles. The largest absolute Gasteiger partial charge is 0.317 e. The molecule has 3 rings (SSSR count). The van der Waals surface area contributed by atoms with Gasteiger partial charge < -0.3 is 5.32 Å². The summed E-state index contributed by atoms with van der Waals surface area (Å²) in [6.45, 7) is 2.30. The molecule has 4 atom stereocenters. The standard InChI is InChI=1S/C14H21N/c1-10-3-5-11(6-4-10)14-8-7-13(15-2)12(14)9-14/h3,5-6,10,12-13,15H,4,7-9H2,1-2H3. The van der Waals surface area contributed by atoms with Crippen LogP contribution in [-0.2, 0) is 0 Å². The zero-order valence-corrected chi connectivity index (χ0v) is 9.79. The molecule has 0 aromatic heterocycles. The van der Waals surface area contributed by atoms with Crippen LogP contribution in [0.5, 0.6) is 0 Å². The molecule has 0 spiro atoms. The minimum absolute atomic E-state index is 0.602. The average Bonchev–Trinajstić information content (AvgIpc) is 2.88. The average molecular weight is 203 g/mol. The van der Waals surface area contributed by atoms with Crippen molar-refractivity contribution in [1.29, 1.82) is 0 Å². The summed E-state index contributed by atoms with van der Waals surface area (Å²) in [5.41, 5.74) is 2.26. The lowest BCUT2D eigenvalue weighted by Gasteiger charge is -2.18. The Balaban J connectivity index is 1.78. The third kappa shape index (κ3) is 1.32. The van der Waals surface area contributed by atoms with E-state index < -0.39 is 0 Å². The van der Waals surface area contributed by atoms with Crippen LogP contribution in [0.2, 0.25) is 0 Å². The second-order valence-electron chi connectivity index (χ2n) is 5.63. The van der Waals surface area contributed by atoms with E-state index in [0.717, 1.165) is 17.9 Å². The summed E-state index contributed by atoms with van der Waals surface area (Å²) >= 11 is 0. The number of rotatable bonds is 2. The van der Waals surface area contributed by atoms with Gasteiger partial charge in [0.1, 0.15) is 0 Å². The third-order valence-corrected chi connectivity index (χ3v) is 4.78. The van der Waals surface area contributed by atoms with Gasteiger partial charge in [0.05, 0.1) is 0 Å². The van der Waals surface area contributed by atoms with Crippen molar-refractivity contribution in [2.75, 3.05) is 7.05 Å². The highest BCUT2D eigenvalue weighted by Gasteiger charge is 2.62. The van der Waals surface area contributed by atoms with Gasteiger partial charge in [-0.2, -0.15) is 0 Å². The van der Waals surface area contributed by atoms with Gasteiger partial charge in [-0.05, 0) is 55.6 Å². The van der Waals surface area contributed by atoms with Crippen LogP contribution in [0.1, 0.15) is 32.6 Å². The number of hydrogen-bond donors (Lipinski definition) is 1.